The van der Waals surface area contributed by atoms with Gasteiger partial charge in [0.2, 0.25) is 0 Å². The summed E-state index contributed by atoms with van der Waals surface area (Å²) in [6.45, 7) is 1.78. The Hall–Kier alpha value is -0.790. The predicted octanol–water partition coefficient (Wildman–Crippen LogP) is -1.18. The Morgan fingerprint density at radius 3 is 2.33 bits per heavy atom. The Kier molecular flexibility index (Phi) is 0.473. The van der Waals surface area contributed by atoms with Crippen molar-refractivity contribution >= 4 is 6.21 Å². The second kappa shape index (κ2) is 0.834. The van der Waals surface area contributed by atoms with E-state index in [9.17, 15) is 0 Å². The molecule has 1 rings (SSSR count). The van der Waals surface area contributed by atoms with E-state index in [1.54, 1.807) is 6.92 Å². The molecule has 0 aromatic heterocycles. The van der Waals surface area contributed by atoms with Gasteiger partial charge in [0.1, 0.15) is 11.5 Å². The molecular weight excluding hydrogens is 78.1 g/mol. The summed E-state index contributed by atoms with van der Waals surface area (Å²) in [6, 6.07) is 0. The normalized spacial score (nSPS) is 18.2. The fourth-order valence-electron chi connectivity index (χ4n) is 0.243. The molecule has 0 saturated carbocycles. The monoisotopic (exact) mass is 83.0 g/mol. The van der Waals surface area contributed by atoms with Crippen molar-refractivity contribution < 1.29 is 10.1 Å². The summed E-state index contributed by atoms with van der Waals surface area (Å²) in [7, 11) is 0. The van der Waals surface area contributed by atoms with Gasteiger partial charge in [-0.3, -0.25) is 0 Å². The zero-order chi connectivity index (χ0) is 4.57. The van der Waals surface area contributed by atoms with Gasteiger partial charge in [-0.2, -0.15) is 0 Å². The van der Waals surface area contributed by atoms with Crippen molar-refractivity contribution in [1.29, 1.82) is 0 Å². The van der Waals surface area contributed by atoms with Crippen LogP contribution < -0.4 is 4.99 Å². The highest BCUT2D eigenvalue weighted by Crippen LogP contribution is 1.87. The largest absolute Gasteiger partial charge is 0.522 e. The Labute approximate surface area is 35.8 Å². The predicted molar refractivity (Wildman–Crippen MR) is 21.3 cm³/mol. The topological polar surface area (TPSA) is 34.2 Å². The van der Waals surface area contributed by atoms with Crippen LogP contribution >= 0.6 is 0 Å². The summed E-state index contributed by atoms with van der Waals surface area (Å²) < 4.78 is 0. The molecule has 0 amide bonds. The lowest BCUT2D eigenvalue weighted by molar-refractivity contribution is -0.410. The van der Waals surface area contributed by atoms with E-state index in [2.05, 4.69) is 11.2 Å². The Morgan fingerprint density at radius 1 is 1.83 bits per heavy atom. The van der Waals surface area contributed by atoms with Gasteiger partial charge < -0.3 is 10.1 Å². The summed E-state index contributed by atoms with van der Waals surface area (Å²) in [5.41, 5.74) is 0.801. The van der Waals surface area contributed by atoms with Crippen molar-refractivity contribution in [3.63, 3.8) is 0 Å². The molecule has 0 unspecified atom stereocenters. The first-order valence-electron chi connectivity index (χ1n) is 1.72. The molecule has 0 bridgehead atoms. The number of rotatable bonds is 0. The van der Waals surface area contributed by atoms with E-state index in [0.29, 0.717) is 0 Å². The van der Waals surface area contributed by atoms with E-state index >= 15 is 0 Å². The lowest BCUT2D eigenvalue weighted by Gasteiger charge is -2.00. The first-order chi connectivity index (χ1) is 2.80. The number of hydrogen-bond acceptors (Lipinski definition) is 1. The molecule has 0 saturated heterocycles. The molecule has 0 aromatic rings. The smallest absolute Gasteiger partial charge is 0.163 e. The molecule has 2 nitrogen and oxygen atoms in total. The Balaban J connectivity index is 2.71. The molecule has 2 N–H and O–H groups in total. The van der Waals surface area contributed by atoms with Gasteiger partial charge in [-0.05, 0) is 6.92 Å². The molecular formula is C4H5NO. The second-order valence-electron chi connectivity index (χ2n) is 1.22. The number of allylic oxidation sites excluding steroid dienone is 2. The average Bonchev–Trinajstić information content (AvgIpc) is 1.61. The average molecular weight is 83.1 g/mol. The molecule has 0 aromatic carbocycles. The molecule has 32 valence electrons. The maximum Gasteiger partial charge on any atom is 0.163 e. The molecule has 1 heterocycles. The van der Waals surface area contributed by atoms with Crippen LogP contribution in [-0.4, -0.2) is 11.3 Å². The van der Waals surface area contributed by atoms with Crippen LogP contribution in [0.2, 0.25) is 0 Å². The third kappa shape index (κ3) is 0.233. The van der Waals surface area contributed by atoms with Gasteiger partial charge in [-0.25, -0.2) is 0 Å². The maximum atomic E-state index is 8.42. The van der Waals surface area contributed by atoms with E-state index in [4.69, 9.17) is 5.11 Å². The number of aliphatic hydroxyl groups is 1. The number of hydrogen-bond donors (Lipinski definition) is 2. The van der Waals surface area contributed by atoms with Gasteiger partial charge in [0.05, 0.1) is 0 Å². The quantitative estimate of drug-likeness (QED) is 0.355. The highest BCUT2D eigenvalue weighted by molar-refractivity contribution is 5.74. The van der Waals surface area contributed by atoms with E-state index in [1.165, 1.54) is 0 Å². The minimum absolute atomic E-state index is 0.245. The molecule has 6 heavy (non-hydrogen) atoms. The summed E-state index contributed by atoms with van der Waals surface area (Å²) in [5, 5.41) is 8.42. The van der Waals surface area contributed by atoms with Crippen molar-refractivity contribution in [2.75, 3.05) is 0 Å². The van der Waals surface area contributed by atoms with E-state index in [1.807, 2.05) is 0 Å². The van der Waals surface area contributed by atoms with Crippen LogP contribution in [0.3, 0.4) is 0 Å². The lowest BCUT2D eigenvalue weighted by Crippen LogP contribution is -2.72. The van der Waals surface area contributed by atoms with Crippen LogP contribution in [0.25, 0.3) is 0 Å². The molecule has 0 fully saturated rings. The zero-order valence-electron chi connectivity index (χ0n) is 3.45. The van der Waals surface area contributed by atoms with E-state index in [-0.39, 0.29) is 5.76 Å². The molecule has 0 aliphatic carbocycles. The fraction of sp³-hybridized carbons (Fsp3) is 0.250. The van der Waals surface area contributed by atoms with Gasteiger partial charge in [0, 0.05) is 0 Å². The lowest BCUT2D eigenvalue weighted by atomic mass is 10.3. The minimum Gasteiger partial charge on any atom is -0.522 e. The van der Waals surface area contributed by atoms with Crippen molar-refractivity contribution in [2.45, 2.75) is 6.92 Å². The standard InChI is InChI=1S/C4H5NO/c1-3-4(6)2-5-3/h5-6H,1H3. The third-order valence-electron chi connectivity index (χ3n) is 0.724. The molecule has 1 aliphatic rings. The van der Waals surface area contributed by atoms with Crippen LogP contribution in [0.1, 0.15) is 6.92 Å². The first kappa shape index (κ1) is 3.40. The van der Waals surface area contributed by atoms with Gasteiger partial charge in [0.25, 0.3) is 0 Å². The molecule has 0 atom stereocenters. The maximum absolute atomic E-state index is 8.42. The second-order valence-corrected chi connectivity index (χ2v) is 1.22. The van der Waals surface area contributed by atoms with Gasteiger partial charge in [-0.1, -0.05) is 0 Å². The van der Waals surface area contributed by atoms with Crippen LogP contribution in [0, 0.1) is 0 Å². The summed E-state index contributed by atoms with van der Waals surface area (Å²) >= 11 is 0. The van der Waals surface area contributed by atoms with Crippen LogP contribution in [0.15, 0.2) is 11.5 Å². The third-order valence-corrected chi connectivity index (χ3v) is 0.724. The fourth-order valence-corrected chi connectivity index (χ4v) is 0.243. The number of nitrogens with one attached hydrogen (secondary N) is 1. The van der Waals surface area contributed by atoms with Crippen molar-refractivity contribution in [3.8, 4) is 0 Å². The zero-order valence-corrected chi connectivity index (χ0v) is 3.45. The van der Waals surface area contributed by atoms with E-state index < -0.39 is 0 Å². The SMILES string of the molecule is CC1=C(O)[C-]=[NH+]1. The summed E-state index contributed by atoms with van der Waals surface area (Å²) in [6.07, 6.45) is 2.44. The van der Waals surface area contributed by atoms with Crippen molar-refractivity contribution in [3.05, 3.63) is 11.5 Å². The highest BCUT2D eigenvalue weighted by atomic mass is 16.3. The highest BCUT2D eigenvalue weighted by Gasteiger charge is 2.01. The van der Waals surface area contributed by atoms with Crippen LogP contribution in [0.4, 0.5) is 0 Å². The van der Waals surface area contributed by atoms with Gasteiger partial charge >= 0.3 is 0 Å². The Bertz CT molecular complexity index is 110. The van der Waals surface area contributed by atoms with Gasteiger partial charge in [0.15, 0.2) is 6.21 Å². The van der Waals surface area contributed by atoms with Crippen molar-refractivity contribution in [1.82, 2.24) is 0 Å². The van der Waals surface area contributed by atoms with Crippen molar-refractivity contribution in [2.24, 2.45) is 0 Å². The van der Waals surface area contributed by atoms with Crippen LogP contribution in [-0.2, 0) is 0 Å². The molecule has 0 spiro atoms. The molecule has 0 radical (unpaired) electrons. The van der Waals surface area contributed by atoms with Gasteiger partial charge in [-0.15, -0.1) is 0 Å². The Morgan fingerprint density at radius 2 is 2.33 bits per heavy atom. The number of aliphatic hydroxyl groups excluding tert-OH is 1. The minimum atomic E-state index is 0.245. The molecule has 1 aliphatic heterocycles. The summed E-state index contributed by atoms with van der Waals surface area (Å²) in [4.78, 5) is 2.64. The van der Waals surface area contributed by atoms with E-state index in [0.717, 1.165) is 5.70 Å². The summed E-state index contributed by atoms with van der Waals surface area (Å²) in [5.74, 6) is 0.245. The molecule has 2 heteroatoms. The van der Waals surface area contributed by atoms with Crippen LogP contribution in [0.5, 0.6) is 0 Å². The first-order valence-corrected chi connectivity index (χ1v) is 1.72.